The van der Waals surface area contributed by atoms with Crippen molar-refractivity contribution in [2.24, 2.45) is 0 Å². The molecule has 0 heterocycles. The number of carbonyl (C=O) groups excluding carboxylic acids is 2. The Bertz CT molecular complexity index is 859. The molecule has 1 atom stereocenters. The lowest BCUT2D eigenvalue weighted by atomic mass is 10.1. The lowest BCUT2D eigenvalue weighted by Gasteiger charge is -2.29. The molecular formula is C22H26Cl2N2O4. The second kappa shape index (κ2) is 11.7. The summed E-state index contributed by atoms with van der Waals surface area (Å²) in [6.07, 6.45) is 0.805. The minimum Gasteiger partial charge on any atom is -0.497 e. The number of rotatable bonds is 10. The van der Waals surface area contributed by atoms with Gasteiger partial charge in [0.25, 0.3) is 5.91 Å². The molecule has 8 heteroatoms. The van der Waals surface area contributed by atoms with Crippen molar-refractivity contribution in [2.75, 3.05) is 20.3 Å². The van der Waals surface area contributed by atoms with E-state index >= 15 is 0 Å². The molecule has 2 aromatic carbocycles. The zero-order chi connectivity index (χ0) is 22.1. The van der Waals surface area contributed by atoms with Crippen LogP contribution < -0.4 is 14.8 Å². The first kappa shape index (κ1) is 23.8. The van der Waals surface area contributed by atoms with Gasteiger partial charge in [0.2, 0.25) is 5.91 Å². The van der Waals surface area contributed by atoms with Crippen LogP contribution >= 0.6 is 23.2 Å². The number of halogens is 2. The van der Waals surface area contributed by atoms with E-state index in [4.69, 9.17) is 32.7 Å². The Kier molecular flexibility index (Phi) is 9.27. The lowest BCUT2D eigenvalue weighted by Crippen LogP contribution is -2.49. The van der Waals surface area contributed by atoms with Crippen LogP contribution in [-0.4, -0.2) is 43.0 Å². The molecule has 0 fully saturated rings. The van der Waals surface area contributed by atoms with Crippen LogP contribution in [0.4, 0.5) is 0 Å². The Balaban J connectivity index is 2.14. The van der Waals surface area contributed by atoms with Crippen LogP contribution in [0.1, 0.15) is 25.8 Å². The molecule has 0 aliphatic carbocycles. The van der Waals surface area contributed by atoms with E-state index in [0.717, 1.165) is 12.0 Å². The van der Waals surface area contributed by atoms with Crippen LogP contribution in [0.5, 0.6) is 11.5 Å². The van der Waals surface area contributed by atoms with Gasteiger partial charge in [0, 0.05) is 13.1 Å². The average Bonchev–Trinajstić information content (AvgIpc) is 2.76. The van der Waals surface area contributed by atoms with Crippen molar-refractivity contribution in [1.82, 2.24) is 10.2 Å². The summed E-state index contributed by atoms with van der Waals surface area (Å²) in [7, 11) is 1.57. The number of ether oxygens (including phenoxy) is 2. The molecule has 6 nitrogen and oxygen atoms in total. The topological polar surface area (TPSA) is 67.9 Å². The monoisotopic (exact) mass is 452 g/mol. The summed E-state index contributed by atoms with van der Waals surface area (Å²) in [5.41, 5.74) is 0.761. The summed E-state index contributed by atoms with van der Waals surface area (Å²) in [6.45, 7) is 4.18. The zero-order valence-corrected chi connectivity index (χ0v) is 18.8. The third kappa shape index (κ3) is 6.82. The number of carbonyl (C=O) groups is 2. The van der Waals surface area contributed by atoms with Gasteiger partial charge in [0.15, 0.2) is 6.61 Å². The van der Waals surface area contributed by atoms with Crippen molar-refractivity contribution >= 4 is 35.0 Å². The van der Waals surface area contributed by atoms with Crippen molar-refractivity contribution in [2.45, 2.75) is 32.9 Å². The van der Waals surface area contributed by atoms with E-state index in [9.17, 15) is 9.59 Å². The summed E-state index contributed by atoms with van der Waals surface area (Å²) in [4.78, 5) is 26.9. The van der Waals surface area contributed by atoms with Gasteiger partial charge in [0.05, 0.1) is 17.2 Å². The van der Waals surface area contributed by atoms with Gasteiger partial charge in [-0.15, -0.1) is 0 Å². The number of methoxy groups -OCH3 is 1. The van der Waals surface area contributed by atoms with Crippen LogP contribution in [0, 0.1) is 0 Å². The normalized spacial score (nSPS) is 11.5. The van der Waals surface area contributed by atoms with E-state index in [-0.39, 0.29) is 25.0 Å². The van der Waals surface area contributed by atoms with Gasteiger partial charge in [-0.1, -0.05) is 36.2 Å². The molecule has 0 spiro atoms. The van der Waals surface area contributed by atoms with Crippen LogP contribution in [0.15, 0.2) is 42.5 Å². The number of hydrogen-bond donors (Lipinski definition) is 1. The van der Waals surface area contributed by atoms with Crippen molar-refractivity contribution in [3.05, 3.63) is 58.1 Å². The van der Waals surface area contributed by atoms with Crippen molar-refractivity contribution in [3.8, 4) is 11.5 Å². The van der Waals surface area contributed by atoms with Gasteiger partial charge in [0.1, 0.15) is 17.5 Å². The summed E-state index contributed by atoms with van der Waals surface area (Å²) in [5.74, 6) is 0.670. The Morgan fingerprint density at radius 1 is 1.07 bits per heavy atom. The van der Waals surface area contributed by atoms with Gasteiger partial charge >= 0.3 is 0 Å². The van der Waals surface area contributed by atoms with Gasteiger partial charge in [-0.3, -0.25) is 9.59 Å². The first-order chi connectivity index (χ1) is 14.3. The first-order valence-corrected chi connectivity index (χ1v) is 10.4. The molecule has 0 saturated heterocycles. The van der Waals surface area contributed by atoms with E-state index in [1.807, 2.05) is 6.92 Å². The number of hydrogen-bond acceptors (Lipinski definition) is 4. The molecule has 0 saturated carbocycles. The highest BCUT2D eigenvalue weighted by Gasteiger charge is 2.26. The van der Waals surface area contributed by atoms with E-state index < -0.39 is 6.04 Å². The molecule has 2 amide bonds. The second-order valence-electron chi connectivity index (χ2n) is 6.70. The Labute approximate surface area is 187 Å². The Hall–Kier alpha value is -2.44. The molecule has 1 N–H and O–H groups in total. The molecule has 0 bridgehead atoms. The Morgan fingerprint density at radius 3 is 2.33 bits per heavy atom. The van der Waals surface area contributed by atoms with Crippen LogP contribution in [0.3, 0.4) is 0 Å². The molecule has 0 unspecified atom stereocenters. The number of nitrogens with zero attached hydrogens (tertiary/aromatic N) is 1. The molecule has 2 rings (SSSR count). The summed E-state index contributed by atoms with van der Waals surface area (Å²) >= 11 is 12.1. The molecular weight excluding hydrogens is 427 g/mol. The smallest absolute Gasteiger partial charge is 0.261 e. The second-order valence-corrected chi connectivity index (χ2v) is 7.52. The predicted molar refractivity (Wildman–Crippen MR) is 118 cm³/mol. The lowest BCUT2D eigenvalue weighted by molar-refractivity contribution is -0.142. The minimum absolute atomic E-state index is 0.197. The zero-order valence-electron chi connectivity index (χ0n) is 17.3. The third-order valence-electron chi connectivity index (χ3n) is 4.48. The molecule has 2 aromatic rings. The fourth-order valence-corrected chi connectivity index (χ4v) is 3.03. The van der Waals surface area contributed by atoms with E-state index in [1.54, 1.807) is 56.5 Å². The Morgan fingerprint density at radius 2 is 1.73 bits per heavy atom. The van der Waals surface area contributed by atoms with E-state index in [2.05, 4.69) is 5.32 Å². The largest absolute Gasteiger partial charge is 0.497 e. The maximum absolute atomic E-state index is 13.0. The standard InChI is InChI=1S/C22H26Cl2N2O4/c1-4-11-25-22(28)15(2)26(13-16-5-10-19(23)20(24)12-16)21(27)14-30-18-8-6-17(29-3)7-9-18/h5-10,12,15H,4,11,13-14H2,1-3H3,(H,25,28)/t15-/m1/s1. The highest BCUT2D eigenvalue weighted by molar-refractivity contribution is 6.42. The fraction of sp³-hybridized carbons (Fsp3) is 0.364. The molecule has 0 aliphatic heterocycles. The first-order valence-electron chi connectivity index (χ1n) is 9.63. The molecule has 162 valence electrons. The van der Waals surface area contributed by atoms with Gasteiger partial charge in [-0.2, -0.15) is 0 Å². The van der Waals surface area contributed by atoms with Crippen molar-refractivity contribution in [3.63, 3.8) is 0 Å². The highest BCUT2D eigenvalue weighted by Crippen LogP contribution is 2.24. The van der Waals surface area contributed by atoms with Crippen LogP contribution in [0.25, 0.3) is 0 Å². The molecule has 0 aromatic heterocycles. The third-order valence-corrected chi connectivity index (χ3v) is 5.21. The molecule has 30 heavy (non-hydrogen) atoms. The van der Waals surface area contributed by atoms with Gasteiger partial charge < -0.3 is 19.7 Å². The van der Waals surface area contributed by atoms with Crippen molar-refractivity contribution in [1.29, 1.82) is 0 Å². The van der Waals surface area contributed by atoms with Gasteiger partial charge in [-0.05, 0) is 55.3 Å². The molecule has 0 radical (unpaired) electrons. The van der Waals surface area contributed by atoms with Gasteiger partial charge in [-0.25, -0.2) is 0 Å². The average molecular weight is 453 g/mol. The summed E-state index contributed by atoms with van der Waals surface area (Å²) in [5, 5.41) is 3.64. The summed E-state index contributed by atoms with van der Waals surface area (Å²) < 4.78 is 10.7. The predicted octanol–water partition coefficient (Wildman–Crippen LogP) is 4.32. The van der Waals surface area contributed by atoms with E-state index in [1.165, 1.54) is 4.90 Å². The number of amides is 2. The van der Waals surface area contributed by atoms with Crippen molar-refractivity contribution < 1.29 is 19.1 Å². The highest BCUT2D eigenvalue weighted by atomic mass is 35.5. The van der Waals surface area contributed by atoms with Crippen LogP contribution in [-0.2, 0) is 16.1 Å². The van der Waals surface area contributed by atoms with E-state index in [0.29, 0.717) is 28.1 Å². The maximum Gasteiger partial charge on any atom is 0.261 e. The quantitative estimate of drug-likeness (QED) is 0.582. The van der Waals surface area contributed by atoms with Crippen LogP contribution in [0.2, 0.25) is 10.0 Å². The minimum atomic E-state index is -0.682. The molecule has 0 aliphatic rings. The number of benzene rings is 2. The SMILES string of the molecule is CCCNC(=O)[C@@H](C)N(Cc1ccc(Cl)c(Cl)c1)C(=O)COc1ccc(OC)cc1. The fourth-order valence-electron chi connectivity index (χ4n) is 2.71. The summed E-state index contributed by atoms with van der Waals surface area (Å²) in [6, 6.07) is 11.4. The number of nitrogens with one attached hydrogen (secondary N) is 1. The maximum atomic E-state index is 13.0.